The average molecular weight is 454 g/mol. The Morgan fingerprint density at radius 3 is 2.45 bits per heavy atom. The number of furan rings is 1. The quantitative estimate of drug-likeness (QED) is 0.595. The van der Waals surface area contributed by atoms with Gasteiger partial charge in [-0.2, -0.15) is 0 Å². The first-order valence-electron chi connectivity index (χ1n) is 9.28. The second-order valence-corrected chi connectivity index (χ2v) is 8.03. The van der Waals surface area contributed by atoms with Crippen LogP contribution in [0.2, 0.25) is 0 Å². The van der Waals surface area contributed by atoms with Gasteiger partial charge in [0.15, 0.2) is 10.8 Å². The number of thiazole rings is 1. The van der Waals surface area contributed by atoms with Gasteiger partial charge in [0.1, 0.15) is 4.88 Å². The highest BCUT2D eigenvalue weighted by atomic mass is 35.5. The zero-order valence-corrected chi connectivity index (χ0v) is 18.6. The van der Waals surface area contributed by atoms with Crippen LogP contribution in [0.25, 0.3) is 22.0 Å². The van der Waals surface area contributed by atoms with Gasteiger partial charge in [-0.25, -0.2) is 4.98 Å². The molecule has 1 unspecified atom stereocenters. The van der Waals surface area contributed by atoms with Crippen LogP contribution in [0.3, 0.4) is 0 Å². The standard InChI is InChI=1S/C21H23N3O2S.2ClH/c1-14(22)15-9-11-24(12-10-15)21(25)19-18(16-6-3-2-4-7-16)23-20(27-19)17-8-5-13-26-17;;/h2-8,13-15H,9-12,22H2,1H3;2*1H. The Morgan fingerprint density at radius 2 is 1.86 bits per heavy atom. The SMILES string of the molecule is CC(N)C1CCN(C(=O)c2sc(-c3ccco3)nc2-c2ccccc2)CC1.Cl.Cl. The predicted octanol–water partition coefficient (Wildman–Crippen LogP) is 5.11. The monoisotopic (exact) mass is 453 g/mol. The van der Waals surface area contributed by atoms with Gasteiger partial charge in [-0.1, -0.05) is 30.3 Å². The van der Waals surface area contributed by atoms with Gasteiger partial charge in [0, 0.05) is 24.7 Å². The van der Waals surface area contributed by atoms with Crippen molar-refractivity contribution < 1.29 is 9.21 Å². The zero-order valence-electron chi connectivity index (χ0n) is 16.1. The molecule has 1 saturated heterocycles. The van der Waals surface area contributed by atoms with E-state index in [2.05, 4.69) is 6.92 Å². The summed E-state index contributed by atoms with van der Waals surface area (Å²) < 4.78 is 5.50. The second kappa shape index (κ2) is 10.3. The Balaban J connectivity index is 0.00000150. The lowest BCUT2D eigenvalue weighted by Crippen LogP contribution is -2.42. The molecule has 2 N–H and O–H groups in total. The molecule has 0 radical (unpaired) electrons. The van der Waals surface area contributed by atoms with Gasteiger partial charge in [0.05, 0.1) is 12.0 Å². The average Bonchev–Trinajstić information content (AvgIpc) is 3.38. The summed E-state index contributed by atoms with van der Waals surface area (Å²) in [6, 6.07) is 13.7. The highest BCUT2D eigenvalue weighted by molar-refractivity contribution is 7.17. The second-order valence-electron chi connectivity index (χ2n) is 7.03. The van der Waals surface area contributed by atoms with Crippen LogP contribution in [-0.2, 0) is 0 Å². The summed E-state index contributed by atoms with van der Waals surface area (Å²) in [6.45, 7) is 3.54. The number of benzene rings is 1. The van der Waals surface area contributed by atoms with E-state index in [-0.39, 0.29) is 36.8 Å². The Labute approximate surface area is 187 Å². The lowest BCUT2D eigenvalue weighted by Gasteiger charge is -2.33. The Hall–Kier alpha value is -1.86. The molecule has 2 aromatic heterocycles. The van der Waals surface area contributed by atoms with Crippen LogP contribution in [0, 0.1) is 5.92 Å². The number of carbonyl (C=O) groups excluding carboxylic acids is 1. The number of aromatic nitrogens is 1. The van der Waals surface area contributed by atoms with Crippen LogP contribution in [0.4, 0.5) is 0 Å². The third kappa shape index (κ3) is 5.01. The van der Waals surface area contributed by atoms with Crippen molar-refractivity contribution in [2.75, 3.05) is 13.1 Å². The number of halogens is 2. The van der Waals surface area contributed by atoms with E-state index >= 15 is 0 Å². The topological polar surface area (TPSA) is 72.4 Å². The van der Waals surface area contributed by atoms with E-state index in [1.807, 2.05) is 47.4 Å². The fourth-order valence-corrected chi connectivity index (χ4v) is 4.56. The van der Waals surface area contributed by atoms with E-state index in [0.717, 1.165) is 42.2 Å². The van der Waals surface area contributed by atoms with Crippen LogP contribution in [0.1, 0.15) is 29.4 Å². The van der Waals surface area contributed by atoms with Crippen molar-refractivity contribution in [2.24, 2.45) is 11.7 Å². The number of carbonyl (C=O) groups is 1. The minimum atomic E-state index is 0. The minimum absolute atomic E-state index is 0. The fraction of sp³-hybridized carbons (Fsp3) is 0.333. The van der Waals surface area contributed by atoms with Crippen molar-refractivity contribution in [3.8, 4) is 22.0 Å². The lowest BCUT2D eigenvalue weighted by molar-refractivity contribution is 0.0686. The highest BCUT2D eigenvalue weighted by Crippen LogP contribution is 2.35. The van der Waals surface area contributed by atoms with Gasteiger partial charge in [-0.3, -0.25) is 4.79 Å². The fourth-order valence-electron chi connectivity index (χ4n) is 3.53. The molecule has 4 rings (SSSR count). The number of piperidine rings is 1. The maximum absolute atomic E-state index is 13.3. The molecule has 1 atom stereocenters. The van der Waals surface area contributed by atoms with Gasteiger partial charge in [-0.05, 0) is 37.8 Å². The number of amides is 1. The molecule has 3 heterocycles. The molecule has 1 amide bonds. The summed E-state index contributed by atoms with van der Waals surface area (Å²) >= 11 is 1.40. The van der Waals surface area contributed by atoms with Gasteiger partial charge in [-0.15, -0.1) is 36.2 Å². The molecule has 1 aliphatic rings. The molecule has 0 aliphatic carbocycles. The van der Waals surface area contributed by atoms with Crippen LogP contribution in [0.5, 0.6) is 0 Å². The van der Waals surface area contributed by atoms with Crippen LogP contribution >= 0.6 is 36.2 Å². The molecule has 8 heteroatoms. The van der Waals surface area contributed by atoms with Crippen molar-refractivity contribution in [2.45, 2.75) is 25.8 Å². The third-order valence-electron chi connectivity index (χ3n) is 5.17. The normalized spacial score (nSPS) is 15.3. The Bertz CT molecular complexity index is 905. The first-order valence-corrected chi connectivity index (χ1v) is 10.1. The molecule has 0 bridgehead atoms. The molecule has 5 nitrogen and oxygen atoms in total. The van der Waals surface area contributed by atoms with Crippen LogP contribution < -0.4 is 5.73 Å². The van der Waals surface area contributed by atoms with E-state index in [0.29, 0.717) is 16.6 Å². The number of likely N-dealkylation sites (tertiary alicyclic amines) is 1. The molecule has 29 heavy (non-hydrogen) atoms. The molecule has 0 spiro atoms. The van der Waals surface area contributed by atoms with Crippen molar-refractivity contribution >= 4 is 42.1 Å². The van der Waals surface area contributed by atoms with Gasteiger partial charge >= 0.3 is 0 Å². The predicted molar refractivity (Wildman–Crippen MR) is 122 cm³/mol. The maximum Gasteiger partial charge on any atom is 0.266 e. The molecule has 1 fully saturated rings. The van der Waals surface area contributed by atoms with Crippen molar-refractivity contribution in [1.29, 1.82) is 0 Å². The van der Waals surface area contributed by atoms with Crippen LogP contribution in [0.15, 0.2) is 53.1 Å². The van der Waals surface area contributed by atoms with E-state index < -0.39 is 0 Å². The number of hydrogen-bond donors (Lipinski definition) is 1. The zero-order chi connectivity index (χ0) is 18.8. The van der Waals surface area contributed by atoms with E-state index in [9.17, 15) is 4.79 Å². The number of nitrogens with zero attached hydrogens (tertiary/aromatic N) is 2. The minimum Gasteiger partial charge on any atom is -0.462 e. The summed E-state index contributed by atoms with van der Waals surface area (Å²) in [5, 5.41) is 0.729. The molecule has 1 aromatic carbocycles. The van der Waals surface area contributed by atoms with Gasteiger partial charge in [0.2, 0.25) is 0 Å². The number of nitrogens with two attached hydrogens (primary N) is 1. The summed E-state index contributed by atoms with van der Waals surface area (Å²) in [5.74, 6) is 1.22. The van der Waals surface area contributed by atoms with Crippen LogP contribution in [-0.4, -0.2) is 34.9 Å². The largest absolute Gasteiger partial charge is 0.462 e. The number of hydrogen-bond acceptors (Lipinski definition) is 5. The molecule has 0 saturated carbocycles. The van der Waals surface area contributed by atoms with E-state index in [1.165, 1.54) is 11.3 Å². The van der Waals surface area contributed by atoms with Crippen molar-refractivity contribution in [3.63, 3.8) is 0 Å². The number of rotatable bonds is 4. The lowest BCUT2D eigenvalue weighted by atomic mass is 9.91. The Kier molecular flexibility index (Phi) is 8.28. The van der Waals surface area contributed by atoms with Gasteiger partial charge in [0.25, 0.3) is 5.91 Å². The summed E-state index contributed by atoms with van der Waals surface area (Å²) in [4.78, 5) is 20.6. The van der Waals surface area contributed by atoms with E-state index in [1.54, 1.807) is 6.26 Å². The summed E-state index contributed by atoms with van der Waals surface area (Å²) in [6.07, 6.45) is 3.53. The van der Waals surface area contributed by atoms with Gasteiger partial charge < -0.3 is 15.1 Å². The molecule has 1 aliphatic heterocycles. The molecular weight excluding hydrogens is 429 g/mol. The maximum atomic E-state index is 13.3. The Morgan fingerprint density at radius 1 is 1.17 bits per heavy atom. The van der Waals surface area contributed by atoms with Crippen molar-refractivity contribution in [3.05, 3.63) is 53.6 Å². The molecule has 156 valence electrons. The first kappa shape index (κ1) is 23.4. The van der Waals surface area contributed by atoms with E-state index in [4.69, 9.17) is 15.1 Å². The summed E-state index contributed by atoms with van der Waals surface area (Å²) in [5.41, 5.74) is 7.71. The van der Waals surface area contributed by atoms with Crippen molar-refractivity contribution in [1.82, 2.24) is 9.88 Å². The summed E-state index contributed by atoms with van der Waals surface area (Å²) in [7, 11) is 0. The molecule has 3 aromatic rings. The third-order valence-corrected chi connectivity index (χ3v) is 6.23. The first-order chi connectivity index (χ1) is 13.1. The smallest absolute Gasteiger partial charge is 0.266 e. The highest BCUT2D eigenvalue weighted by Gasteiger charge is 2.29. The molecular formula is C21H25Cl2N3O2S.